The molecule has 0 spiro atoms. The lowest BCUT2D eigenvalue weighted by Crippen LogP contribution is -2.47. The minimum atomic E-state index is -0.511. The predicted molar refractivity (Wildman–Crippen MR) is 36.2 cm³/mol. The Morgan fingerprint density at radius 1 is 1.10 bits per heavy atom. The van der Waals surface area contributed by atoms with Crippen LogP contribution in [0.15, 0.2) is 0 Å². The van der Waals surface area contributed by atoms with E-state index in [1.54, 1.807) is 0 Å². The van der Waals surface area contributed by atoms with Crippen molar-refractivity contribution in [3.8, 4) is 0 Å². The zero-order chi connectivity index (χ0) is 7.30. The second kappa shape index (κ2) is 1.94. The second-order valence-electron chi connectivity index (χ2n) is 3.52. The Morgan fingerprint density at radius 2 is 1.80 bits per heavy atom. The lowest BCUT2D eigenvalue weighted by molar-refractivity contribution is -0.000259. The van der Waals surface area contributed by atoms with Gasteiger partial charge in [-0.25, -0.2) is 0 Å². The smallest absolute Gasteiger partial charge is 0.0831 e. The third kappa shape index (κ3) is 0.654. The largest absolute Gasteiger partial charge is 0.390 e. The van der Waals surface area contributed by atoms with Gasteiger partial charge in [0, 0.05) is 6.04 Å². The van der Waals surface area contributed by atoms with E-state index in [0.29, 0.717) is 18.3 Å². The molecule has 2 saturated carbocycles. The Kier molecular flexibility index (Phi) is 1.27. The Labute approximate surface area is 59.8 Å². The molecule has 2 rings (SSSR count). The van der Waals surface area contributed by atoms with Crippen LogP contribution in [0.4, 0.5) is 0 Å². The number of aliphatic hydroxyl groups is 2. The molecule has 0 aromatic carbocycles. The van der Waals surface area contributed by atoms with Crippen LogP contribution in [0.2, 0.25) is 0 Å². The molecule has 0 amide bonds. The number of rotatable bonds is 0. The minimum absolute atomic E-state index is 0.233. The molecule has 4 N–H and O–H groups in total. The molecule has 58 valence electrons. The summed E-state index contributed by atoms with van der Waals surface area (Å²) >= 11 is 0. The van der Waals surface area contributed by atoms with E-state index in [0.717, 1.165) is 6.42 Å². The van der Waals surface area contributed by atoms with Gasteiger partial charge in [-0.3, -0.25) is 0 Å². The standard InChI is InChI=1S/C7H13NO2/c8-5-1-4-3(5)2-6(9)7(4)10/h3-7,9-10H,1-2,8H2/t3-,4-,5+,6-,7+/m0/s1. The van der Waals surface area contributed by atoms with Gasteiger partial charge in [0.1, 0.15) is 0 Å². The number of aliphatic hydroxyl groups excluding tert-OH is 2. The summed E-state index contributed by atoms with van der Waals surface area (Å²) in [6, 6.07) is 0.233. The average Bonchev–Trinajstić information content (AvgIpc) is 2.12. The molecule has 3 heteroatoms. The maximum absolute atomic E-state index is 9.30. The normalized spacial score (nSPS) is 59.7. The highest BCUT2D eigenvalue weighted by Crippen LogP contribution is 2.45. The van der Waals surface area contributed by atoms with Crippen LogP contribution in [-0.4, -0.2) is 28.5 Å². The fraction of sp³-hybridized carbons (Fsp3) is 1.00. The first-order chi connectivity index (χ1) is 4.70. The van der Waals surface area contributed by atoms with Gasteiger partial charge in [0.2, 0.25) is 0 Å². The Bertz CT molecular complexity index is 151. The summed E-state index contributed by atoms with van der Waals surface area (Å²) in [6.07, 6.45) is 0.587. The summed E-state index contributed by atoms with van der Waals surface area (Å²) in [6.45, 7) is 0. The van der Waals surface area contributed by atoms with Crippen molar-refractivity contribution in [1.82, 2.24) is 0 Å². The fourth-order valence-electron chi connectivity index (χ4n) is 2.23. The van der Waals surface area contributed by atoms with Crippen molar-refractivity contribution in [3.63, 3.8) is 0 Å². The molecule has 5 atom stereocenters. The van der Waals surface area contributed by atoms with Crippen LogP contribution in [0.5, 0.6) is 0 Å². The molecule has 3 nitrogen and oxygen atoms in total. The van der Waals surface area contributed by atoms with Crippen LogP contribution >= 0.6 is 0 Å². The van der Waals surface area contributed by atoms with Crippen molar-refractivity contribution < 1.29 is 10.2 Å². The minimum Gasteiger partial charge on any atom is -0.390 e. The quantitative estimate of drug-likeness (QED) is 0.410. The van der Waals surface area contributed by atoms with Gasteiger partial charge in [-0.15, -0.1) is 0 Å². The number of hydrogen-bond acceptors (Lipinski definition) is 3. The molecule has 0 aromatic rings. The van der Waals surface area contributed by atoms with Crippen molar-refractivity contribution in [3.05, 3.63) is 0 Å². The van der Waals surface area contributed by atoms with Crippen molar-refractivity contribution in [1.29, 1.82) is 0 Å². The van der Waals surface area contributed by atoms with E-state index in [-0.39, 0.29) is 6.04 Å². The van der Waals surface area contributed by atoms with Crippen LogP contribution in [0.3, 0.4) is 0 Å². The average molecular weight is 143 g/mol. The highest BCUT2D eigenvalue weighted by atomic mass is 16.3. The van der Waals surface area contributed by atoms with E-state index in [2.05, 4.69) is 0 Å². The van der Waals surface area contributed by atoms with Gasteiger partial charge < -0.3 is 15.9 Å². The molecule has 10 heavy (non-hydrogen) atoms. The monoisotopic (exact) mass is 143 g/mol. The predicted octanol–water partition coefficient (Wildman–Crippen LogP) is -0.925. The van der Waals surface area contributed by atoms with E-state index < -0.39 is 12.2 Å². The van der Waals surface area contributed by atoms with Gasteiger partial charge in [-0.05, 0) is 24.7 Å². The first kappa shape index (κ1) is 6.58. The second-order valence-corrected chi connectivity index (χ2v) is 3.52. The summed E-state index contributed by atoms with van der Waals surface area (Å²) in [7, 11) is 0. The van der Waals surface area contributed by atoms with Crippen molar-refractivity contribution in [2.24, 2.45) is 17.6 Å². The summed E-state index contributed by atoms with van der Waals surface area (Å²) in [5.41, 5.74) is 5.67. The SMILES string of the molecule is N[C@@H]1C[C@@H]2[C@@H](O)[C@@H](O)C[C@@H]21. The number of fused-ring (bicyclic) bond motifs is 1. The van der Waals surface area contributed by atoms with Gasteiger partial charge in [0.25, 0.3) is 0 Å². The molecule has 0 radical (unpaired) electrons. The van der Waals surface area contributed by atoms with E-state index in [1.165, 1.54) is 0 Å². The van der Waals surface area contributed by atoms with E-state index in [1.807, 2.05) is 0 Å². The van der Waals surface area contributed by atoms with Crippen molar-refractivity contribution >= 4 is 0 Å². The van der Waals surface area contributed by atoms with Crippen LogP contribution in [0, 0.1) is 11.8 Å². The summed E-state index contributed by atoms with van der Waals surface area (Å²) in [4.78, 5) is 0. The highest BCUT2D eigenvalue weighted by molar-refractivity contribution is 5.04. The van der Waals surface area contributed by atoms with Gasteiger partial charge in [-0.2, -0.15) is 0 Å². The molecule has 0 aliphatic heterocycles. The van der Waals surface area contributed by atoms with Gasteiger partial charge in [0.05, 0.1) is 12.2 Å². The zero-order valence-corrected chi connectivity index (χ0v) is 5.77. The molecule has 2 fully saturated rings. The van der Waals surface area contributed by atoms with E-state index in [9.17, 15) is 10.2 Å². The zero-order valence-electron chi connectivity index (χ0n) is 5.77. The number of nitrogens with two attached hydrogens (primary N) is 1. The molecule has 2 aliphatic carbocycles. The molecule has 0 unspecified atom stereocenters. The maximum atomic E-state index is 9.30. The van der Waals surface area contributed by atoms with E-state index in [4.69, 9.17) is 5.73 Å². The van der Waals surface area contributed by atoms with Crippen LogP contribution in [0.1, 0.15) is 12.8 Å². The first-order valence-corrected chi connectivity index (χ1v) is 3.82. The number of hydrogen-bond donors (Lipinski definition) is 3. The Balaban J connectivity index is 2.06. The van der Waals surface area contributed by atoms with E-state index >= 15 is 0 Å². The Morgan fingerprint density at radius 3 is 2.20 bits per heavy atom. The molecular formula is C7H13NO2. The lowest BCUT2D eigenvalue weighted by atomic mass is 9.71. The Hall–Kier alpha value is -0.120. The third-order valence-electron chi connectivity index (χ3n) is 2.99. The fourth-order valence-corrected chi connectivity index (χ4v) is 2.23. The van der Waals surface area contributed by atoms with Crippen LogP contribution in [0.25, 0.3) is 0 Å². The molecule has 0 aromatic heterocycles. The highest BCUT2D eigenvalue weighted by Gasteiger charge is 2.51. The maximum Gasteiger partial charge on any atom is 0.0831 e. The first-order valence-electron chi connectivity index (χ1n) is 3.82. The lowest BCUT2D eigenvalue weighted by Gasteiger charge is -2.38. The van der Waals surface area contributed by atoms with Gasteiger partial charge in [0.15, 0.2) is 0 Å². The molecule has 2 aliphatic rings. The summed E-state index contributed by atoms with van der Waals surface area (Å²) < 4.78 is 0. The molecule has 0 heterocycles. The molecule has 0 bridgehead atoms. The van der Waals surface area contributed by atoms with Crippen molar-refractivity contribution in [2.75, 3.05) is 0 Å². The van der Waals surface area contributed by atoms with Crippen LogP contribution < -0.4 is 5.73 Å². The third-order valence-corrected chi connectivity index (χ3v) is 2.99. The topological polar surface area (TPSA) is 66.5 Å². The van der Waals surface area contributed by atoms with Crippen molar-refractivity contribution in [2.45, 2.75) is 31.1 Å². The molecule has 0 saturated heterocycles. The molecular weight excluding hydrogens is 130 g/mol. The van der Waals surface area contributed by atoms with Gasteiger partial charge in [-0.1, -0.05) is 0 Å². The summed E-state index contributed by atoms with van der Waals surface area (Å²) in [5.74, 6) is 0.690. The van der Waals surface area contributed by atoms with Gasteiger partial charge >= 0.3 is 0 Å². The summed E-state index contributed by atoms with van der Waals surface area (Å²) in [5, 5.41) is 18.5. The van der Waals surface area contributed by atoms with Crippen LogP contribution in [-0.2, 0) is 0 Å².